The van der Waals surface area contributed by atoms with Gasteiger partial charge in [-0.15, -0.1) is 0 Å². The lowest BCUT2D eigenvalue weighted by Crippen LogP contribution is -2.54. The minimum absolute atomic E-state index is 0.0312. The maximum Gasteiger partial charge on any atom is 0.325 e. The van der Waals surface area contributed by atoms with Crippen molar-refractivity contribution in [2.45, 2.75) is 52.0 Å². The van der Waals surface area contributed by atoms with Gasteiger partial charge in [0.15, 0.2) is 0 Å². The predicted molar refractivity (Wildman–Crippen MR) is 113 cm³/mol. The number of rotatable bonds is 5. The first kappa shape index (κ1) is 21.8. The van der Waals surface area contributed by atoms with Gasteiger partial charge in [-0.25, -0.2) is 4.79 Å². The monoisotopic (exact) mass is 414 g/mol. The number of nitrogens with one attached hydrogen (secondary N) is 2. The standard InChI is InChI=1S/C22H30N4O4/c1-14-8-7-9-15(2)19(14)23-17(27)12-25(4)18(28)13-26-20(29)22(24-21(26)30)11-6-5-10-16(22)3/h7-9,16H,5-6,10-13H2,1-4H3,(H,23,27)(H,24,30)/t16-,22+/m1/s1. The Bertz CT molecular complexity index is 864. The van der Waals surface area contributed by atoms with Gasteiger partial charge in [0.1, 0.15) is 12.1 Å². The molecule has 2 aliphatic rings. The molecule has 2 atom stereocenters. The second kappa shape index (κ2) is 8.45. The number of imide groups is 1. The Morgan fingerprint density at radius 2 is 1.90 bits per heavy atom. The molecule has 1 saturated heterocycles. The number of urea groups is 1. The van der Waals surface area contributed by atoms with E-state index in [9.17, 15) is 19.2 Å². The highest BCUT2D eigenvalue weighted by atomic mass is 16.2. The molecule has 0 bridgehead atoms. The fourth-order valence-electron chi connectivity index (χ4n) is 4.39. The van der Waals surface area contributed by atoms with Crippen molar-refractivity contribution in [2.75, 3.05) is 25.5 Å². The first-order valence-corrected chi connectivity index (χ1v) is 10.4. The van der Waals surface area contributed by atoms with Gasteiger partial charge in [-0.3, -0.25) is 19.3 Å². The Morgan fingerprint density at radius 1 is 1.23 bits per heavy atom. The van der Waals surface area contributed by atoms with E-state index in [-0.39, 0.29) is 30.8 Å². The summed E-state index contributed by atoms with van der Waals surface area (Å²) in [6.45, 7) is 5.23. The van der Waals surface area contributed by atoms with Crippen LogP contribution in [0.25, 0.3) is 0 Å². The topological polar surface area (TPSA) is 98.8 Å². The lowest BCUT2D eigenvalue weighted by molar-refractivity contribution is -0.140. The van der Waals surface area contributed by atoms with Crippen LogP contribution in [0.1, 0.15) is 43.7 Å². The van der Waals surface area contributed by atoms with E-state index in [0.717, 1.165) is 41.0 Å². The predicted octanol–water partition coefficient (Wildman–Crippen LogP) is 2.20. The van der Waals surface area contributed by atoms with Gasteiger partial charge in [0, 0.05) is 12.7 Å². The molecule has 8 heteroatoms. The van der Waals surface area contributed by atoms with Gasteiger partial charge in [0.25, 0.3) is 5.91 Å². The summed E-state index contributed by atoms with van der Waals surface area (Å²) in [4.78, 5) is 52.7. The average molecular weight is 415 g/mol. The average Bonchev–Trinajstić information content (AvgIpc) is 2.92. The molecule has 5 amide bonds. The van der Waals surface area contributed by atoms with E-state index in [2.05, 4.69) is 10.6 Å². The van der Waals surface area contributed by atoms with E-state index in [1.807, 2.05) is 39.0 Å². The second-order valence-corrected chi connectivity index (χ2v) is 8.50. The van der Waals surface area contributed by atoms with E-state index in [0.29, 0.717) is 6.42 Å². The van der Waals surface area contributed by atoms with Crippen molar-refractivity contribution in [2.24, 2.45) is 5.92 Å². The lowest BCUT2D eigenvalue weighted by atomic mass is 9.73. The molecule has 1 spiro atoms. The molecule has 3 rings (SSSR count). The number of amides is 5. The summed E-state index contributed by atoms with van der Waals surface area (Å²) in [6.07, 6.45) is 3.36. The number of carbonyl (C=O) groups excluding carboxylic acids is 4. The van der Waals surface area contributed by atoms with Crippen LogP contribution in [0, 0.1) is 19.8 Å². The van der Waals surface area contributed by atoms with E-state index < -0.39 is 17.5 Å². The van der Waals surface area contributed by atoms with Crippen LogP contribution in [-0.2, 0) is 14.4 Å². The number of carbonyl (C=O) groups is 4. The molecular formula is C22H30N4O4. The van der Waals surface area contributed by atoms with E-state index in [1.165, 1.54) is 11.9 Å². The summed E-state index contributed by atoms with van der Waals surface area (Å²) < 4.78 is 0. The molecule has 2 fully saturated rings. The van der Waals surface area contributed by atoms with Crippen molar-refractivity contribution in [3.8, 4) is 0 Å². The summed E-state index contributed by atoms with van der Waals surface area (Å²) >= 11 is 0. The van der Waals surface area contributed by atoms with Gasteiger partial charge in [-0.1, -0.05) is 38.0 Å². The smallest absolute Gasteiger partial charge is 0.325 e. The molecule has 2 N–H and O–H groups in total. The van der Waals surface area contributed by atoms with Crippen molar-refractivity contribution in [1.82, 2.24) is 15.1 Å². The Labute approximate surface area is 177 Å². The summed E-state index contributed by atoms with van der Waals surface area (Å²) in [5, 5.41) is 5.67. The zero-order valence-corrected chi connectivity index (χ0v) is 18.1. The van der Waals surface area contributed by atoms with Crippen LogP contribution < -0.4 is 10.6 Å². The van der Waals surface area contributed by atoms with E-state index in [1.54, 1.807) is 0 Å². The Kier molecular flexibility index (Phi) is 6.14. The number of hydrogen-bond acceptors (Lipinski definition) is 4. The summed E-state index contributed by atoms with van der Waals surface area (Å²) in [7, 11) is 1.49. The highest BCUT2D eigenvalue weighted by molar-refractivity contribution is 6.09. The van der Waals surface area contributed by atoms with Gasteiger partial charge in [-0.05, 0) is 43.7 Å². The quantitative estimate of drug-likeness (QED) is 0.722. The molecule has 1 aliphatic carbocycles. The van der Waals surface area contributed by atoms with Crippen LogP contribution in [0.5, 0.6) is 0 Å². The molecule has 0 unspecified atom stereocenters. The molecule has 1 aliphatic heterocycles. The van der Waals surface area contributed by atoms with E-state index in [4.69, 9.17) is 0 Å². The molecule has 30 heavy (non-hydrogen) atoms. The normalized spacial score (nSPS) is 23.5. The van der Waals surface area contributed by atoms with E-state index >= 15 is 0 Å². The van der Waals surface area contributed by atoms with Crippen LogP contribution in [0.4, 0.5) is 10.5 Å². The van der Waals surface area contributed by atoms with Crippen LogP contribution >= 0.6 is 0 Å². The molecular weight excluding hydrogens is 384 g/mol. The van der Waals surface area contributed by atoms with Crippen molar-refractivity contribution >= 4 is 29.4 Å². The van der Waals surface area contributed by atoms with Gasteiger partial charge < -0.3 is 15.5 Å². The number of hydrogen-bond donors (Lipinski definition) is 2. The summed E-state index contributed by atoms with van der Waals surface area (Å²) in [5.74, 6) is -1.10. The van der Waals surface area contributed by atoms with Gasteiger partial charge in [0.2, 0.25) is 11.8 Å². The Morgan fingerprint density at radius 3 is 2.53 bits per heavy atom. The first-order chi connectivity index (χ1) is 14.2. The minimum atomic E-state index is -0.895. The maximum absolute atomic E-state index is 13.0. The molecule has 8 nitrogen and oxygen atoms in total. The number of likely N-dealkylation sites (N-methyl/N-ethyl adjacent to an activating group) is 1. The number of anilines is 1. The highest BCUT2D eigenvalue weighted by Gasteiger charge is 2.55. The lowest BCUT2D eigenvalue weighted by Gasteiger charge is -2.36. The molecule has 0 radical (unpaired) electrons. The fourth-order valence-corrected chi connectivity index (χ4v) is 4.39. The Hall–Kier alpha value is -2.90. The largest absolute Gasteiger partial charge is 0.335 e. The maximum atomic E-state index is 13.0. The molecule has 1 aromatic carbocycles. The SMILES string of the molecule is Cc1cccc(C)c1NC(=O)CN(C)C(=O)CN1C(=O)N[C@]2(CCCC[C@H]2C)C1=O. The van der Waals surface area contributed by atoms with Crippen LogP contribution in [0.15, 0.2) is 18.2 Å². The van der Waals surface area contributed by atoms with Gasteiger partial charge >= 0.3 is 6.03 Å². The van der Waals surface area contributed by atoms with Crippen LogP contribution in [-0.4, -0.2) is 59.2 Å². The van der Waals surface area contributed by atoms with Crippen molar-refractivity contribution in [1.29, 1.82) is 0 Å². The number of aryl methyl sites for hydroxylation is 2. The number of para-hydroxylation sites is 1. The summed E-state index contributed by atoms with van der Waals surface area (Å²) in [5.41, 5.74) is 1.70. The van der Waals surface area contributed by atoms with Crippen LogP contribution in [0.3, 0.4) is 0 Å². The van der Waals surface area contributed by atoms with Crippen molar-refractivity contribution in [3.05, 3.63) is 29.3 Å². The number of benzene rings is 1. The molecule has 1 heterocycles. The number of nitrogens with zero attached hydrogens (tertiary/aromatic N) is 2. The molecule has 1 saturated carbocycles. The van der Waals surface area contributed by atoms with Crippen molar-refractivity contribution in [3.63, 3.8) is 0 Å². The Balaban J connectivity index is 1.61. The third-order valence-electron chi connectivity index (χ3n) is 6.35. The first-order valence-electron chi connectivity index (χ1n) is 10.4. The molecule has 0 aromatic heterocycles. The van der Waals surface area contributed by atoms with Gasteiger partial charge in [-0.2, -0.15) is 0 Å². The highest BCUT2D eigenvalue weighted by Crippen LogP contribution is 2.38. The van der Waals surface area contributed by atoms with Crippen molar-refractivity contribution < 1.29 is 19.2 Å². The zero-order valence-electron chi connectivity index (χ0n) is 18.1. The fraction of sp³-hybridized carbons (Fsp3) is 0.545. The van der Waals surface area contributed by atoms with Gasteiger partial charge in [0.05, 0.1) is 6.54 Å². The zero-order chi connectivity index (χ0) is 22.1. The molecule has 162 valence electrons. The molecule has 1 aromatic rings. The second-order valence-electron chi connectivity index (χ2n) is 8.50. The third kappa shape index (κ3) is 4.04. The summed E-state index contributed by atoms with van der Waals surface area (Å²) in [6, 6.07) is 5.18. The van der Waals surface area contributed by atoms with Crippen LogP contribution in [0.2, 0.25) is 0 Å². The third-order valence-corrected chi connectivity index (χ3v) is 6.35. The minimum Gasteiger partial charge on any atom is -0.335 e.